The van der Waals surface area contributed by atoms with Crippen molar-refractivity contribution in [2.45, 2.75) is 13.8 Å². The van der Waals surface area contributed by atoms with Crippen LogP contribution in [-0.4, -0.2) is 17.7 Å². The summed E-state index contributed by atoms with van der Waals surface area (Å²) in [5.74, 6) is 2.23. The first-order valence-corrected chi connectivity index (χ1v) is 11.0. The van der Waals surface area contributed by atoms with Gasteiger partial charge in [-0.05, 0) is 97.1 Å². The maximum Gasteiger partial charge on any atom is 0.308 e. The van der Waals surface area contributed by atoms with Crippen molar-refractivity contribution >= 4 is 17.7 Å². The van der Waals surface area contributed by atoms with E-state index in [0.717, 1.165) is 0 Å². The summed E-state index contributed by atoms with van der Waals surface area (Å²) in [4.78, 5) is 34.9. The summed E-state index contributed by atoms with van der Waals surface area (Å²) in [5.41, 5.74) is 1.03. The molecule has 4 aromatic rings. The Morgan fingerprint density at radius 3 is 0.944 bits per heavy atom. The summed E-state index contributed by atoms with van der Waals surface area (Å²) >= 11 is 0. The van der Waals surface area contributed by atoms with E-state index in [-0.39, 0.29) is 5.78 Å². The third-order valence-electron chi connectivity index (χ3n) is 4.88. The predicted octanol–water partition coefficient (Wildman–Crippen LogP) is 6.35. The largest absolute Gasteiger partial charge is 0.457 e. The first-order valence-electron chi connectivity index (χ1n) is 11.0. The zero-order chi connectivity index (χ0) is 25.5. The minimum absolute atomic E-state index is 0.135. The molecule has 4 rings (SSSR count). The second-order valence-electron chi connectivity index (χ2n) is 7.71. The third-order valence-corrected chi connectivity index (χ3v) is 4.88. The Bertz CT molecular complexity index is 1250. The van der Waals surface area contributed by atoms with Crippen LogP contribution in [0.5, 0.6) is 34.5 Å². The molecule has 0 atom stereocenters. The maximum atomic E-state index is 12.9. The van der Waals surface area contributed by atoms with Gasteiger partial charge in [-0.1, -0.05) is 0 Å². The van der Waals surface area contributed by atoms with E-state index in [1.54, 1.807) is 97.1 Å². The molecular weight excluding hydrogens is 460 g/mol. The van der Waals surface area contributed by atoms with Crippen LogP contribution in [0.2, 0.25) is 0 Å². The molecule has 0 aliphatic heterocycles. The van der Waals surface area contributed by atoms with Crippen molar-refractivity contribution in [3.8, 4) is 34.5 Å². The zero-order valence-electron chi connectivity index (χ0n) is 19.6. The standard InChI is InChI=1S/C29H22O7/c1-19(30)33-23-11-15-27(16-12-23)35-25-7-3-21(4-8-25)29(32)22-5-9-26(10-6-22)36-28-17-13-24(14-18-28)34-20(2)31/h3-18H,1-2H3. The van der Waals surface area contributed by atoms with Crippen molar-refractivity contribution in [3.63, 3.8) is 0 Å². The predicted molar refractivity (Wildman–Crippen MR) is 132 cm³/mol. The molecular formula is C29H22O7. The van der Waals surface area contributed by atoms with Crippen LogP contribution in [-0.2, 0) is 9.59 Å². The molecule has 180 valence electrons. The first-order chi connectivity index (χ1) is 17.4. The number of esters is 2. The second-order valence-corrected chi connectivity index (χ2v) is 7.71. The number of carbonyl (C=O) groups excluding carboxylic acids is 3. The van der Waals surface area contributed by atoms with E-state index in [1.165, 1.54) is 13.8 Å². The summed E-state index contributed by atoms with van der Waals surface area (Å²) < 4.78 is 21.6. The number of ketones is 1. The highest BCUT2D eigenvalue weighted by Crippen LogP contribution is 2.27. The van der Waals surface area contributed by atoms with E-state index in [4.69, 9.17) is 18.9 Å². The number of rotatable bonds is 8. The fourth-order valence-corrected chi connectivity index (χ4v) is 3.27. The Morgan fingerprint density at radius 1 is 0.417 bits per heavy atom. The van der Waals surface area contributed by atoms with Crippen molar-refractivity contribution in [2.75, 3.05) is 0 Å². The lowest BCUT2D eigenvalue weighted by molar-refractivity contribution is -0.132. The van der Waals surface area contributed by atoms with Gasteiger partial charge in [0.05, 0.1) is 0 Å². The van der Waals surface area contributed by atoms with Crippen molar-refractivity contribution in [1.29, 1.82) is 0 Å². The number of carbonyl (C=O) groups is 3. The van der Waals surface area contributed by atoms with E-state index in [9.17, 15) is 14.4 Å². The summed E-state index contributed by atoms with van der Waals surface area (Å²) in [6, 6.07) is 26.9. The SMILES string of the molecule is CC(=O)Oc1ccc(Oc2ccc(C(=O)c3ccc(Oc4ccc(OC(C)=O)cc4)cc3)cc2)cc1. The highest BCUT2D eigenvalue weighted by Gasteiger charge is 2.10. The smallest absolute Gasteiger partial charge is 0.308 e. The Labute approximate surface area is 207 Å². The molecule has 7 nitrogen and oxygen atoms in total. The molecule has 0 bridgehead atoms. The molecule has 0 aliphatic carbocycles. The number of ether oxygens (including phenoxy) is 4. The van der Waals surface area contributed by atoms with Crippen LogP contribution in [0.4, 0.5) is 0 Å². The van der Waals surface area contributed by atoms with Crippen molar-refractivity contribution in [1.82, 2.24) is 0 Å². The molecule has 0 heterocycles. The van der Waals surface area contributed by atoms with Gasteiger partial charge in [0.15, 0.2) is 5.78 Å². The van der Waals surface area contributed by atoms with Crippen LogP contribution in [0.15, 0.2) is 97.1 Å². The molecule has 0 unspecified atom stereocenters. The van der Waals surface area contributed by atoms with Crippen LogP contribution < -0.4 is 18.9 Å². The van der Waals surface area contributed by atoms with E-state index >= 15 is 0 Å². The molecule has 0 N–H and O–H groups in total. The van der Waals surface area contributed by atoms with Gasteiger partial charge in [0.2, 0.25) is 0 Å². The molecule has 0 aliphatic rings. The summed E-state index contributed by atoms with van der Waals surface area (Å²) in [5, 5.41) is 0. The average Bonchev–Trinajstić information content (AvgIpc) is 2.86. The number of hydrogen-bond donors (Lipinski definition) is 0. The molecule has 4 aromatic carbocycles. The lowest BCUT2D eigenvalue weighted by Gasteiger charge is -2.09. The summed E-state index contributed by atoms with van der Waals surface area (Å²) in [6.07, 6.45) is 0. The third kappa shape index (κ3) is 6.57. The van der Waals surface area contributed by atoms with Crippen molar-refractivity contribution in [2.24, 2.45) is 0 Å². The molecule has 36 heavy (non-hydrogen) atoms. The summed E-state index contributed by atoms with van der Waals surface area (Å²) in [7, 11) is 0. The Hall–Kier alpha value is -4.91. The van der Waals surface area contributed by atoms with E-state index in [1.807, 2.05) is 0 Å². The number of benzene rings is 4. The lowest BCUT2D eigenvalue weighted by atomic mass is 10.0. The van der Waals surface area contributed by atoms with Gasteiger partial charge in [0.25, 0.3) is 0 Å². The highest BCUT2D eigenvalue weighted by molar-refractivity contribution is 6.09. The van der Waals surface area contributed by atoms with Crippen LogP contribution in [0, 0.1) is 0 Å². The fourth-order valence-electron chi connectivity index (χ4n) is 3.27. The Kier molecular flexibility index (Phi) is 7.41. The Morgan fingerprint density at radius 2 is 0.667 bits per heavy atom. The normalized spacial score (nSPS) is 10.3. The monoisotopic (exact) mass is 482 g/mol. The van der Waals surface area contributed by atoms with Gasteiger partial charge < -0.3 is 18.9 Å². The van der Waals surface area contributed by atoms with Gasteiger partial charge in [0, 0.05) is 25.0 Å². The molecule has 0 spiro atoms. The van der Waals surface area contributed by atoms with E-state index in [2.05, 4.69) is 0 Å². The molecule has 0 aromatic heterocycles. The average molecular weight is 482 g/mol. The van der Waals surface area contributed by atoms with Gasteiger partial charge >= 0.3 is 11.9 Å². The van der Waals surface area contributed by atoms with E-state index in [0.29, 0.717) is 45.6 Å². The summed E-state index contributed by atoms with van der Waals surface area (Å²) in [6.45, 7) is 2.68. The molecule has 0 saturated heterocycles. The lowest BCUT2D eigenvalue weighted by Crippen LogP contribution is -2.01. The highest BCUT2D eigenvalue weighted by atomic mass is 16.5. The Balaban J connectivity index is 1.35. The van der Waals surface area contributed by atoms with Crippen LogP contribution in [0.1, 0.15) is 29.8 Å². The quantitative estimate of drug-likeness (QED) is 0.164. The molecule has 0 fully saturated rings. The van der Waals surface area contributed by atoms with Gasteiger partial charge in [-0.25, -0.2) is 0 Å². The fraction of sp³-hybridized carbons (Fsp3) is 0.0690. The van der Waals surface area contributed by atoms with Crippen molar-refractivity contribution in [3.05, 3.63) is 108 Å². The van der Waals surface area contributed by atoms with Gasteiger partial charge in [0.1, 0.15) is 34.5 Å². The minimum Gasteiger partial charge on any atom is -0.457 e. The molecule has 0 saturated carbocycles. The maximum absolute atomic E-state index is 12.9. The first kappa shape index (κ1) is 24.2. The molecule has 0 radical (unpaired) electrons. The topological polar surface area (TPSA) is 88.1 Å². The molecule has 0 amide bonds. The van der Waals surface area contributed by atoms with Crippen molar-refractivity contribution < 1.29 is 33.3 Å². The van der Waals surface area contributed by atoms with Gasteiger partial charge in [-0.2, -0.15) is 0 Å². The van der Waals surface area contributed by atoms with Crippen LogP contribution in [0.3, 0.4) is 0 Å². The molecule has 7 heteroatoms. The zero-order valence-corrected chi connectivity index (χ0v) is 19.6. The van der Waals surface area contributed by atoms with E-state index < -0.39 is 11.9 Å². The van der Waals surface area contributed by atoms with Gasteiger partial charge in [-0.3, -0.25) is 14.4 Å². The van der Waals surface area contributed by atoms with Gasteiger partial charge in [-0.15, -0.1) is 0 Å². The number of hydrogen-bond acceptors (Lipinski definition) is 7. The van der Waals surface area contributed by atoms with Crippen LogP contribution in [0.25, 0.3) is 0 Å². The second kappa shape index (κ2) is 11.0. The minimum atomic E-state index is -0.390. The van der Waals surface area contributed by atoms with Crippen LogP contribution >= 0.6 is 0 Å².